The summed E-state index contributed by atoms with van der Waals surface area (Å²) in [6.45, 7) is -0.230. The molecule has 0 aromatic carbocycles. The average Bonchev–Trinajstić information content (AvgIpc) is 1.83. The molecule has 2 atom stereocenters. The highest BCUT2D eigenvalue weighted by Gasteiger charge is 2.00. The minimum absolute atomic E-state index is 0.230. The summed E-state index contributed by atoms with van der Waals surface area (Å²) in [6, 6.07) is -0.818. The Hall–Kier alpha value is -0.300. The van der Waals surface area contributed by atoms with Crippen LogP contribution in [-0.4, -0.2) is 27.7 Å². The fourth-order valence-electron chi connectivity index (χ4n) is 0.176. The number of hydrogen-bond acceptors (Lipinski definition) is 4. The molecule has 0 aromatic heterocycles. The molecule has 54 valence electrons. The third kappa shape index (κ3) is 5.57. The lowest BCUT2D eigenvalue weighted by Crippen LogP contribution is -2.27. The summed E-state index contributed by atoms with van der Waals surface area (Å²) < 4.78 is 21.8. The summed E-state index contributed by atoms with van der Waals surface area (Å²) in [6.07, 6.45) is 0.437. The van der Waals surface area contributed by atoms with Crippen LogP contribution in [0.25, 0.3) is 0 Å². The molecule has 0 rings (SSSR count). The van der Waals surface area contributed by atoms with Crippen molar-refractivity contribution in [3.05, 3.63) is 0 Å². The van der Waals surface area contributed by atoms with E-state index in [4.69, 9.17) is 10.3 Å². The van der Waals surface area contributed by atoms with E-state index in [0.29, 0.717) is 6.29 Å². The molecule has 3 N–H and O–H groups in total. The number of carbonyl (C=O) groups excluding carboxylic acids is 1. The first-order valence-corrected chi connectivity index (χ1v) is 3.15. The van der Waals surface area contributed by atoms with E-state index in [1.165, 1.54) is 0 Å². The maximum Gasteiger partial charge on any atom is 0.301 e. The Balaban J connectivity index is 3.26. The number of hydrogen-bond donors (Lipinski definition) is 2. The Labute approximate surface area is 54.7 Å². The summed E-state index contributed by atoms with van der Waals surface area (Å²) in [4.78, 5) is 9.73. The standard InChI is InChI=1S/C3H7NO4S/c4-3(1-5)2-8-9(6)7/h1,3H,2,4H2,(H,6,7)/t3-/m1/s1. The van der Waals surface area contributed by atoms with Gasteiger partial charge in [-0.3, -0.25) is 8.74 Å². The van der Waals surface area contributed by atoms with Gasteiger partial charge in [0.25, 0.3) is 0 Å². The number of carbonyl (C=O) groups is 1. The van der Waals surface area contributed by atoms with E-state index in [1.54, 1.807) is 0 Å². The first-order valence-electron chi connectivity index (χ1n) is 2.12. The van der Waals surface area contributed by atoms with Gasteiger partial charge in [0.1, 0.15) is 6.29 Å². The summed E-state index contributed by atoms with van der Waals surface area (Å²) in [5, 5.41) is 0. The van der Waals surface area contributed by atoms with Crippen molar-refractivity contribution < 1.29 is 17.7 Å². The quantitative estimate of drug-likeness (QED) is 0.385. The van der Waals surface area contributed by atoms with Crippen LogP contribution in [0.1, 0.15) is 0 Å². The predicted octanol–water partition coefficient (Wildman–Crippen LogP) is -1.33. The highest BCUT2D eigenvalue weighted by Crippen LogP contribution is 1.79. The topological polar surface area (TPSA) is 89.6 Å². The van der Waals surface area contributed by atoms with Gasteiger partial charge < -0.3 is 10.5 Å². The Bertz CT molecular complexity index is 116. The lowest BCUT2D eigenvalue weighted by molar-refractivity contribution is -0.109. The van der Waals surface area contributed by atoms with Gasteiger partial charge in [0.15, 0.2) is 0 Å². The van der Waals surface area contributed by atoms with Crippen LogP contribution in [0.15, 0.2) is 0 Å². The Morgan fingerprint density at radius 2 is 2.44 bits per heavy atom. The second kappa shape index (κ2) is 4.57. The van der Waals surface area contributed by atoms with E-state index in [1.807, 2.05) is 0 Å². The zero-order valence-electron chi connectivity index (χ0n) is 4.52. The molecular weight excluding hydrogens is 146 g/mol. The third-order valence-corrected chi connectivity index (χ3v) is 0.874. The zero-order chi connectivity index (χ0) is 7.28. The third-order valence-electron chi connectivity index (χ3n) is 0.536. The summed E-state index contributed by atoms with van der Waals surface area (Å²) in [7, 11) is 0. The van der Waals surface area contributed by atoms with Crippen LogP contribution in [0.2, 0.25) is 0 Å². The van der Waals surface area contributed by atoms with Crippen LogP contribution >= 0.6 is 0 Å². The Morgan fingerprint density at radius 3 is 2.78 bits per heavy atom. The van der Waals surface area contributed by atoms with E-state index in [9.17, 15) is 9.00 Å². The molecule has 0 aliphatic heterocycles. The number of aldehydes is 1. The fourth-order valence-corrected chi connectivity index (χ4v) is 0.450. The van der Waals surface area contributed by atoms with E-state index >= 15 is 0 Å². The molecule has 9 heavy (non-hydrogen) atoms. The van der Waals surface area contributed by atoms with Crippen LogP contribution < -0.4 is 5.73 Å². The number of nitrogens with two attached hydrogens (primary N) is 1. The van der Waals surface area contributed by atoms with Crippen molar-refractivity contribution in [1.29, 1.82) is 0 Å². The minimum atomic E-state index is -2.33. The highest BCUT2D eigenvalue weighted by molar-refractivity contribution is 7.74. The van der Waals surface area contributed by atoms with Gasteiger partial charge >= 0.3 is 11.4 Å². The molecule has 1 unspecified atom stereocenters. The second-order valence-electron chi connectivity index (χ2n) is 1.30. The Kier molecular flexibility index (Phi) is 4.41. The van der Waals surface area contributed by atoms with Gasteiger partial charge in [-0.1, -0.05) is 0 Å². The van der Waals surface area contributed by atoms with Crippen molar-refractivity contribution in [2.45, 2.75) is 6.04 Å². The molecule has 0 saturated carbocycles. The van der Waals surface area contributed by atoms with E-state index in [2.05, 4.69) is 4.18 Å². The van der Waals surface area contributed by atoms with E-state index in [-0.39, 0.29) is 6.61 Å². The molecule has 0 amide bonds. The summed E-state index contributed by atoms with van der Waals surface area (Å²) in [5.74, 6) is 0. The van der Waals surface area contributed by atoms with Crippen LogP contribution in [0.5, 0.6) is 0 Å². The van der Waals surface area contributed by atoms with Crippen molar-refractivity contribution >= 4 is 17.6 Å². The summed E-state index contributed by atoms with van der Waals surface area (Å²) >= 11 is -2.33. The van der Waals surface area contributed by atoms with Crippen molar-refractivity contribution in [2.24, 2.45) is 5.73 Å². The molecule has 0 spiro atoms. The van der Waals surface area contributed by atoms with Gasteiger partial charge in [0.05, 0.1) is 12.6 Å². The minimum Gasteiger partial charge on any atom is -0.320 e. The van der Waals surface area contributed by atoms with E-state index in [0.717, 1.165) is 0 Å². The summed E-state index contributed by atoms with van der Waals surface area (Å²) in [5.41, 5.74) is 4.98. The van der Waals surface area contributed by atoms with Gasteiger partial charge in [-0.2, -0.15) is 4.21 Å². The normalized spacial score (nSPS) is 16.7. The molecule has 6 heteroatoms. The molecule has 0 heterocycles. The molecule has 0 saturated heterocycles. The lowest BCUT2D eigenvalue weighted by Gasteiger charge is -1.98. The Morgan fingerprint density at radius 1 is 1.89 bits per heavy atom. The SMILES string of the molecule is N[C@H](C=O)COS(=O)O. The first-order chi connectivity index (χ1) is 4.16. The van der Waals surface area contributed by atoms with Crippen LogP contribution in [0.3, 0.4) is 0 Å². The zero-order valence-corrected chi connectivity index (χ0v) is 5.34. The predicted molar refractivity (Wildman–Crippen MR) is 30.8 cm³/mol. The molecule has 0 radical (unpaired) electrons. The molecule has 0 aliphatic rings. The first kappa shape index (κ1) is 8.70. The largest absolute Gasteiger partial charge is 0.320 e. The monoisotopic (exact) mass is 153 g/mol. The van der Waals surface area contributed by atoms with Gasteiger partial charge in [0.2, 0.25) is 0 Å². The smallest absolute Gasteiger partial charge is 0.301 e. The lowest BCUT2D eigenvalue weighted by atomic mass is 10.4. The molecule has 0 aliphatic carbocycles. The van der Waals surface area contributed by atoms with Crippen LogP contribution in [-0.2, 0) is 20.3 Å². The second-order valence-corrected chi connectivity index (χ2v) is 1.97. The van der Waals surface area contributed by atoms with Crippen LogP contribution in [0, 0.1) is 0 Å². The molecule has 0 bridgehead atoms. The molecule has 0 fully saturated rings. The van der Waals surface area contributed by atoms with Gasteiger partial charge in [-0.25, -0.2) is 0 Å². The van der Waals surface area contributed by atoms with Gasteiger partial charge in [-0.15, -0.1) is 0 Å². The van der Waals surface area contributed by atoms with E-state index < -0.39 is 17.4 Å². The molecular formula is C3H7NO4S. The van der Waals surface area contributed by atoms with Gasteiger partial charge in [-0.05, 0) is 0 Å². The highest BCUT2D eigenvalue weighted by atomic mass is 32.2. The van der Waals surface area contributed by atoms with Crippen molar-refractivity contribution in [3.63, 3.8) is 0 Å². The van der Waals surface area contributed by atoms with Crippen molar-refractivity contribution in [2.75, 3.05) is 6.61 Å². The maximum atomic E-state index is 9.74. The number of rotatable bonds is 4. The van der Waals surface area contributed by atoms with Gasteiger partial charge in [0, 0.05) is 0 Å². The molecule has 0 aromatic rings. The fraction of sp³-hybridized carbons (Fsp3) is 0.667. The van der Waals surface area contributed by atoms with Crippen LogP contribution in [0.4, 0.5) is 0 Å². The maximum absolute atomic E-state index is 9.74. The van der Waals surface area contributed by atoms with Crippen molar-refractivity contribution in [3.8, 4) is 0 Å². The molecule has 5 nitrogen and oxygen atoms in total. The van der Waals surface area contributed by atoms with Crippen molar-refractivity contribution in [1.82, 2.24) is 0 Å². The average molecular weight is 153 g/mol.